The van der Waals surface area contributed by atoms with E-state index in [1.54, 1.807) is 0 Å². The maximum absolute atomic E-state index is 12.4. The Labute approximate surface area is 63.8 Å². The number of hydrogen-bond acceptors (Lipinski definition) is 0. The van der Waals surface area contributed by atoms with E-state index in [9.17, 15) is 4.39 Å². The second-order valence-corrected chi connectivity index (χ2v) is 2.87. The quantitative estimate of drug-likeness (QED) is 0.490. The number of alkyl halides is 1. The van der Waals surface area contributed by atoms with Gasteiger partial charge in [-0.3, -0.25) is 0 Å². The van der Waals surface area contributed by atoms with Crippen molar-refractivity contribution in [1.82, 2.24) is 0 Å². The molecule has 0 nitrogen and oxygen atoms in total. The molecule has 2 unspecified atom stereocenters. The van der Waals surface area contributed by atoms with E-state index in [0.717, 1.165) is 19.3 Å². The summed E-state index contributed by atoms with van der Waals surface area (Å²) in [5, 5.41) is 0. The molecular formula is C9H19F. The van der Waals surface area contributed by atoms with E-state index >= 15 is 0 Å². The summed E-state index contributed by atoms with van der Waals surface area (Å²) in [7, 11) is 0. The zero-order valence-electron chi connectivity index (χ0n) is 7.36. The molecule has 0 heterocycles. The molecule has 1 saturated carbocycles. The van der Waals surface area contributed by atoms with Gasteiger partial charge in [0.15, 0.2) is 0 Å². The minimum Gasteiger partial charge on any atom is -0.247 e. The van der Waals surface area contributed by atoms with Gasteiger partial charge in [-0.05, 0) is 18.8 Å². The van der Waals surface area contributed by atoms with E-state index in [-0.39, 0.29) is 0 Å². The second kappa shape index (κ2) is 5.70. The highest BCUT2D eigenvalue weighted by atomic mass is 19.1. The van der Waals surface area contributed by atoms with Gasteiger partial charge in [-0.2, -0.15) is 0 Å². The average Bonchev–Trinajstić information content (AvgIpc) is 1.91. The summed E-state index contributed by atoms with van der Waals surface area (Å²) in [4.78, 5) is 0. The largest absolute Gasteiger partial charge is 0.247 e. The number of hydrogen-bond donors (Lipinski definition) is 0. The van der Waals surface area contributed by atoms with Crippen molar-refractivity contribution in [3.63, 3.8) is 0 Å². The van der Waals surface area contributed by atoms with Crippen molar-refractivity contribution in [2.75, 3.05) is 0 Å². The van der Waals surface area contributed by atoms with Crippen LogP contribution >= 0.6 is 0 Å². The highest BCUT2D eigenvalue weighted by Crippen LogP contribution is 2.25. The molecule has 1 rings (SSSR count). The van der Waals surface area contributed by atoms with E-state index in [2.05, 4.69) is 6.92 Å². The van der Waals surface area contributed by atoms with Gasteiger partial charge in [-0.15, -0.1) is 0 Å². The van der Waals surface area contributed by atoms with E-state index in [4.69, 9.17) is 0 Å². The van der Waals surface area contributed by atoms with Crippen LogP contribution in [-0.2, 0) is 0 Å². The maximum Gasteiger partial charge on any atom is 0.100 e. The van der Waals surface area contributed by atoms with Crippen LogP contribution in [0.5, 0.6) is 0 Å². The normalized spacial score (nSPS) is 32.4. The lowest BCUT2D eigenvalue weighted by molar-refractivity contribution is 0.208. The molecule has 0 bridgehead atoms. The Balaban J connectivity index is 0.000000371. The second-order valence-electron chi connectivity index (χ2n) is 2.87. The number of halogens is 1. The summed E-state index contributed by atoms with van der Waals surface area (Å²) in [6.45, 7) is 6.13. The van der Waals surface area contributed by atoms with Crippen molar-refractivity contribution in [2.24, 2.45) is 5.92 Å². The van der Waals surface area contributed by atoms with Crippen molar-refractivity contribution in [3.05, 3.63) is 0 Å². The smallest absolute Gasteiger partial charge is 0.100 e. The van der Waals surface area contributed by atoms with E-state index in [1.807, 2.05) is 13.8 Å². The van der Waals surface area contributed by atoms with Crippen LogP contribution in [0.15, 0.2) is 0 Å². The van der Waals surface area contributed by atoms with Gasteiger partial charge in [0, 0.05) is 0 Å². The first kappa shape index (κ1) is 9.93. The zero-order chi connectivity index (χ0) is 7.98. The fourth-order valence-electron chi connectivity index (χ4n) is 1.36. The van der Waals surface area contributed by atoms with Crippen LogP contribution in [0.25, 0.3) is 0 Å². The number of rotatable bonds is 0. The van der Waals surface area contributed by atoms with Crippen molar-refractivity contribution < 1.29 is 4.39 Å². The fraction of sp³-hybridized carbons (Fsp3) is 1.00. The van der Waals surface area contributed by atoms with Gasteiger partial charge in [-0.1, -0.05) is 33.6 Å². The van der Waals surface area contributed by atoms with E-state index in [0.29, 0.717) is 5.92 Å². The van der Waals surface area contributed by atoms with Crippen LogP contribution in [0, 0.1) is 5.92 Å². The molecule has 1 heteroatoms. The Hall–Kier alpha value is -0.0700. The van der Waals surface area contributed by atoms with Crippen LogP contribution in [-0.4, -0.2) is 6.17 Å². The molecule has 0 radical (unpaired) electrons. The molecule has 1 aliphatic rings. The predicted octanol–water partition coefficient (Wildman–Crippen LogP) is 3.56. The Morgan fingerprint density at radius 3 is 2.10 bits per heavy atom. The monoisotopic (exact) mass is 146 g/mol. The minimum atomic E-state index is -0.487. The lowest BCUT2D eigenvalue weighted by atomic mass is 9.90. The molecule has 0 N–H and O–H groups in total. The highest BCUT2D eigenvalue weighted by Gasteiger charge is 2.16. The molecule has 0 saturated heterocycles. The molecule has 0 aliphatic heterocycles. The van der Waals surface area contributed by atoms with Gasteiger partial charge in [0.25, 0.3) is 0 Å². The summed E-state index contributed by atoms with van der Waals surface area (Å²) in [5.74, 6) is 0.638. The summed E-state index contributed by atoms with van der Waals surface area (Å²) in [6.07, 6.45) is 3.46. The molecule has 0 aromatic carbocycles. The SMILES string of the molecule is CC.CC1CCCC(F)C1. The lowest BCUT2D eigenvalue weighted by Crippen LogP contribution is -2.12. The standard InChI is InChI=1S/C7H13F.C2H6/c1-6-3-2-4-7(8)5-6;1-2/h6-7H,2-5H2,1H3;1-2H3. The molecule has 62 valence electrons. The van der Waals surface area contributed by atoms with E-state index < -0.39 is 6.17 Å². The van der Waals surface area contributed by atoms with Gasteiger partial charge in [0.05, 0.1) is 0 Å². The zero-order valence-corrected chi connectivity index (χ0v) is 7.36. The van der Waals surface area contributed by atoms with Crippen LogP contribution in [0.4, 0.5) is 4.39 Å². The third-order valence-electron chi connectivity index (χ3n) is 1.87. The first-order valence-electron chi connectivity index (χ1n) is 4.43. The van der Waals surface area contributed by atoms with Crippen molar-refractivity contribution in [3.8, 4) is 0 Å². The molecule has 1 aliphatic carbocycles. The third-order valence-corrected chi connectivity index (χ3v) is 1.87. The van der Waals surface area contributed by atoms with Gasteiger partial charge in [-0.25, -0.2) is 4.39 Å². The van der Waals surface area contributed by atoms with Gasteiger partial charge in [0.2, 0.25) is 0 Å². The van der Waals surface area contributed by atoms with Crippen molar-refractivity contribution >= 4 is 0 Å². The first-order valence-corrected chi connectivity index (χ1v) is 4.43. The van der Waals surface area contributed by atoms with Crippen LogP contribution in [0.1, 0.15) is 46.5 Å². The molecular weight excluding hydrogens is 127 g/mol. The Bertz CT molecular complexity index is 63.1. The Morgan fingerprint density at radius 1 is 1.20 bits per heavy atom. The van der Waals surface area contributed by atoms with Crippen LogP contribution < -0.4 is 0 Å². The van der Waals surface area contributed by atoms with Crippen LogP contribution in [0.2, 0.25) is 0 Å². The van der Waals surface area contributed by atoms with Gasteiger partial charge < -0.3 is 0 Å². The summed E-state index contributed by atoms with van der Waals surface area (Å²) < 4.78 is 12.4. The van der Waals surface area contributed by atoms with Crippen LogP contribution in [0.3, 0.4) is 0 Å². The van der Waals surface area contributed by atoms with Crippen molar-refractivity contribution in [1.29, 1.82) is 0 Å². The average molecular weight is 146 g/mol. The first-order chi connectivity index (χ1) is 4.79. The maximum atomic E-state index is 12.4. The molecule has 2 atom stereocenters. The lowest BCUT2D eigenvalue weighted by Gasteiger charge is -2.20. The minimum absolute atomic E-state index is 0.487. The molecule has 0 aromatic rings. The Morgan fingerprint density at radius 2 is 1.80 bits per heavy atom. The molecule has 10 heavy (non-hydrogen) atoms. The topological polar surface area (TPSA) is 0 Å². The summed E-state index contributed by atoms with van der Waals surface area (Å²) >= 11 is 0. The fourth-order valence-corrected chi connectivity index (χ4v) is 1.36. The molecule has 0 spiro atoms. The van der Waals surface area contributed by atoms with E-state index in [1.165, 1.54) is 6.42 Å². The predicted molar refractivity (Wildman–Crippen MR) is 43.9 cm³/mol. The summed E-state index contributed by atoms with van der Waals surface area (Å²) in [5.41, 5.74) is 0. The third kappa shape index (κ3) is 3.86. The summed E-state index contributed by atoms with van der Waals surface area (Å²) in [6, 6.07) is 0. The van der Waals surface area contributed by atoms with Gasteiger partial charge in [0.1, 0.15) is 6.17 Å². The van der Waals surface area contributed by atoms with Crippen molar-refractivity contribution in [2.45, 2.75) is 52.6 Å². The Kier molecular flexibility index (Phi) is 5.66. The molecule has 1 fully saturated rings. The molecule has 0 amide bonds. The van der Waals surface area contributed by atoms with Gasteiger partial charge >= 0.3 is 0 Å². The molecule has 0 aromatic heterocycles. The highest BCUT2D eigenvalue weighted by molar-refractivity contribution is 4.68.